The van der Waals surface area contributed by atoms with E-state index in [4.69, 9.17) is 28.7 Å². The van der Waals surface area contributed by atoms with E-state index in [1.165, 1.54) is 36.4 Å². The summed E-state index contributed by atoms with van der Waals surface area (Å²) in [6.45, 7) is 9.60. The molecule has 0 radical (unpaired) electrons. The molecule has 0 heterocycles. The van der Waals surface area contributed by atoms with Gasteiger partial charge < -0.3 is 28.7 Å². The first-order valence-corrected chi connectivity index (χ1v) is 15.1. The standard InChI is InChI=1S/C8H9BrFN.2C8H9F2N.C8H10FN.C2H7N/c2*1-5(11)7-3-2-6(9)4-8(7)10;1-5(11)6-2-3-7(9)8(10)4-6;1-6(10)7-3-2-4-8(9)5-7;1-2-3/h3*2-5H,11H2,1H3;2-6H,10H2,1H3;2-3H2,1H3. The fourth-order valence-corrected chi connectivity index (χ4v) is 3.66. The van der Waals surface area contributed by atoms with Gasteiger partial charge in [0.2, 0.25) is 0 Å². The summed E-state index contributed by atoms with van der Waals surface area (Å²) in [6.07, 6.45) is 0. The molecule has 0 spiro atoms. The van der Waals surface area contributed by atoms with Crippen molar-refractivity contribution in [3.05, 3.63) is 140 Å². The van der Waals surface area contributed by atoms with Gasteiger partial charge in [-0.15, -0.1) is 0 Å². The first-order chi connectivity index (χ1) is 21.4. The van der Waals surface area contributed by atoms with Gasteiger partial charge in [0, 0.05) is 45.8 Å². The maximum absolute atomic E-state index is 13.0. The molecular formula is C34H44BrF6N5. The Balaban J connectivity index is 0.000000570. The lowest BCUT2D eigenvalue weighted by molar-refractivity contribution is 0.506. The van der Waals surface area contributed by atoms with Gasteiger partial charge in [-0.1, -0.05) is 53.2 Å². The summed E-state index contributed by atoms with van der Waals surface area (Å²) < 4.78 is 76.2. The van der Waals surface area contributed by atoms with Gasteiger partial charge in [-0.05, 0) is 87.8 Å². The minimum atomic E-state index is -0.847. The van der Waals surface area contributed by atoms with Crippen LogP contribution in [0.25, 0.3) is 0 Å². The van der Waals surface area contributed by atoms with Crippen molar-refractivity contribution in [2.75, 3.05) is 6.54 Å². The van der Waals surface area contributed by atoms with Crippen LogP contribution in [0.15, 0.2) is 83.3 Å². The van der Waals surface area contributed by atoms with Crippen molar-refractivity contribution in [3.8, 4) is 0 Å². The highest BCUT2D eigenvalue weighted by Crippen LogP contribution is 2.19. The predicted molar refractivity (Wildman–Crippen MR) is 178 cm³/mol. The normalized spacial score (nSPS) is 12.6. The third-order valence-electron chi connectivity index (χ3n) is 5.75. The Labute approximate surface area is 276 Å². The molecule has 0 bridgehead atoms. The topological polar surface area (TPSA) is 130 Å². The maximum Gasteiger partial charge on any atom is 0.159 e. The summed E-state index contributed by atoms with van der Waals surface area (Å²) in [5, 5.41) is 0. The van der Waals surface area contributed by atoms with Crippen LogP contribution in [0.2, 0.25) is 0 Å². The molecule has 12 heteroatoms. The van der Waals surface area contributed by atoms with Gasteiger partial charge in [0.05, 0.1) is 0 Å². The summed E-state index contributed by atoms with van der Waals surface area (Å²) in [7, 11) is 0. The number of nitrogens with two attached hydrogens (primary N) is 5. The van der Waals surface area contributed by atoms with E-state index in [1.54, 1.807) is 39.0 Å². The molecule has 0 aliphatic rings. The van der Waals surface area contributed by atoms with Crippen molar-refractivity contribution in [2.45, 2.75) is 58.8 Å². The highest BCUT2D eigenvalue weighted by Gasteiger charge is 2.07. The SMILES string of the molecule is CC(N)c1ccc(Br)cc1F.CC(N)c1ccc(F)c(F)c1.CC(N)c1ccc(F)cc1F.CC(N)c1cccc(F)c1.CCN. The van der Waals surface area contributed by atoms with Crippen molar-refractivity contribution < 1.29 is 26.3 Å². The third-order valence-corrected chi connectivity index (χ3v) is 6.24. The van der Waals surface area contributed by atoms with Gasteiger partial charge >= 0.3 is 0 Å². The van der Waals surface area contributed by atoms with Crippen LogP contribution in [0.4, 0.5) is 26.3 Å². The van der Waals surface area contributed by atoms with Gasteiger partial charge in [0.15, 0.2) is 11.6 Å². The summed E-state index contributed by atoms with van der Waals surface area (Å²) in [5.41, 5.74) is 29.0. The molecule has 0 fully saturated rings. The fraction of sp³-hybridized carbons (Fsp3) is 0.294. The van der Waals surface area contributed by atoms with Crippen LogP contribution >= 0.6 is 15.9 Å². The van der Waals surface area contributed by atoms with E-state index in [-0.39, 0.29) is 29.8 Å². The Kier molecular flexibility index (Phi) is 20.7. The number of rotatable bonds is 4. The van der Waals surface area contributed by atoms with Crippen LogP contribution in [0, 0.1) is 34.9 Å². The van der Waals surface area contributed by atoms with Gasteiger partial charge in [0.25, 0.3) is 0 Å². The fourth-order valence-electron chi connectivity index (χ4n) is 3.33. The minimum absolute atomic E-state index is 0.0873. The van der Waals surface area contributed by atoms with E-state index in [0.29, 0.717) is 16.7 Å². The lowest BCUT2D eigenvalue weighted by Gasteiger charge is -2.06. The number of halogens is 7. The van der Waals surface area contributed by atoms with Crippen LogP contribution in [0.5, 0.6) is 0 Å². The second kappa shape index (κ2) is 22.3. The average molecular weight is 717 g/mol. The Bertz CT molecular complexity index is 1400. The van der Waals surface area contributed by atoms with Crippen LogP contribution in [0.3, 0.4) is 0 Å². The summed E-state index contributed by atoms with van der Waals surface area (Å²) in [6, 6.07) is 17.3. The molecule has 4 aromatic carbocycles. The molecule has 0 aliphatic carbocycles. The van der Waals surface area contributed by atoms with Crippen molar-refractivity contribution in [1.29, 1.82) is 0 Å². The first-order valence-electron chi connectivity index (χ1n) is 14.3. The Morgan fingerprint density at radius 1 is 0.522 bits per heavy atom. The predicted octanol–water partition coefficient (Wildman–Crippen LogP) is 8.39. The number of benzene rings is 4. The Morgan fingerprint density at radius 2 is 0.978 bits per heavy atom. The van der Waals surface area contributed by atoms with E-state index in [9.17, 15) is 26.3 Å². The maximum atomic E-state index is 13.0. The molecule has 4 rings (SSSR count). The highest BCUT2D eigenvalue weighted by atomic mass is 79.9. The molecule has 10 N–H and O–H groups in total. The zero-order valence-corrected chi connectivity index (χ0v) is 28.1. The molecule has 5 nitrogen and oxygen atoms in total. The average Bonchev–Trinajstić information content (AvgIpc) is 2.95. The van der Waals surface area contributed by atoms with Crippen LogP contribution in [0.1, 0.15) is 81.0 Å². The van der Waals surface area contributed by atoms with Gasteiger partial charge in [-0.25, -0.2) is 26.3 Å². The number of hydrogen-bond acceptors (Lipinski definition) is 5. The summed E-state index contributed by atoms with van der Waals surface area (Å²) in [5.74, 6) is -3.33. The number of hydrogen-bond donors (Lipinski definition) is 5. The molecule has 0 amide bonds. The molecule has 4 aromatic rings. The largest absolute Gasteiger partial charge is 0.331 e. The smallest absolute Gasteiger partial charge is 0.159 e. The van der Waals surface area contributed by atoms with E-state index in [1.807, 2.05) is 19.9 Å². The lowest BCUT2D eigenvalue weighted by Crippen LogP contribution is -2.07. The molecule has 0 saturated carbocycles. The molecule has 4 atom stereocenters. The van der Waals surface area contributed by atoms with Gasteiger partial charge in [0.1, 0.15) is 23.3 Å². The van der Waals surface area contributed by atoms with Crippen LogP contribution in [-0.2, 0) is 0 Å². The second-order valence-corrected chi connectivity index (χ2v) is 11.0. The van der Waals surface area contributed by atoms with Crippen LogP contribution < -0.4 is 28.7 Å². The van der Waals surface area contributed by atoms with Gasteiger partial charge in [-0.3, -0.25) is 0 Å². The third kappa shape index (κ3) is 16.9. The van der Waals surface area contributed by atoms with Crippen LogP contribution in [-0.4, -0.2) is 6.54 Å². The van der Waals surface area contributed by atoms with E-state index >= 15 is 0 Å². The molecular weight excluding hydrogens is 672 g/mol. The van der Waals surface area contributed by atoms with Crippen molar-refractivity contribution in [2.24, 2.45) is 28.7 Å². The van der Waals surface area contributed by atoms with E-state index in [2.05, 4.69) is 15.9 Å². The zero-order chi connectivity index (χ0) is 35.6. The van der Waals surface area contributed by atoms with E-state index < -0.39 is 29.3 Å². The molecule has 0 aliphatic heterocycles. The van der Waals surface area contributed by atoms with Crippen molar-refractivity contribution in [1.82, 2.24) is 0 Å². The minimum Gasteiger partial charge on any atom is -0.331 e. The highest BCUT2D eigenvalue weighted by molar-refractivity contribution is 9.10. The van der Waals surface area contributed by atoms with Gasteiger partial charge in [-0.2, -0.15) is 0 Å². The molecule has 0 aromatic heterocycles. The second-order valence-electron chi connectivity index (χ2n) is 10.1. The quantitative estimate of drug-likeness (QED) is 0.136. The Hall–Kier alpha value is -3.26. The first kappa shape index (κ1) is 42.7. The lowest BCUT2D eigenvalue weighted by atomic mass is 10.1. The molecule has 46 heavy (non-hydrogen) atoms. The zero-order valence-electron chi connectivity index (χ0n) is 26.6. The summed E-state index contributed by atoms with van der Waals surface area (Å²) >= 11 is 3.16. The van der Waals surface area contributed by atoms with Crippen molar-refractivity contribution >= 4 is 15.9 Å². The summed E-state index contributed by atoms with van der Waals surface area (Å²) in [4.78, 5) is 0. The molecule has 4 unspecified atom stereocenters. The van der Waals surface area contributed by atoms with Crippen molar-refractivity contribution in [3.63, 3.8) is 0 Å². The molecule has 254 valence electrons. The molecule has 0 saturated heterocycles. The Morgan fingerprint density at radius 3 is 1.37 bits per heavy atom. The monoisotopic (exact) mass is 715 g/mol. The van der Waals surface area contributed by atoms with E-state index in [0.717, 1.165) is 34.8 Å².